The van der Waals surface area contributed by atoms with E-state index in [-0.39, 0.29) is 0 Å². The maximum atomic E-state index is 4.82. The van der Waals surface area contributed by atoms with E-state index in [1.807, 2.05) is 12.4 Å². The largest absolute Gasteiger partial charge is 0.330 e. The van der Waals surface area contributed by atoms with E-state index in [9.17, 15) is 0 Å². The van der Waals surface area contributed by atoms with Crippen LogP contribution in [0.25, 0.3) is 11.0 Å². The van der Waals surface area contributed by atoms with E-state index in [1.54, 1.807) is 0 Å². The Kier molecular flexibility index (Phi) is 4.37. The van der Waals surface area contributed by atoms with Gasteiger partial charge in [0, 0.05) is 23.9 Å². The number of likely N-dealkylation sites (tertiary alicyclic amines) is 1. The first-order chi connectivity index (χ1) is 11.7. The summed E-state index contributed by atoms with van der Waals surface area (Å²) < 4.78 is 3.32. The third-order valence-electron chi connectivity index (χ3n) is 5.07. The van der Waals surface area contributed by atoms with Crippen LogP contribution in [0.4, 0.5) is 0 Å². The van der Waals surface area contributed by atoms with E-state index < -0.39 is 0 Å². The molecule has 0 unspecified atom stereocenters. The van der Waals surface area contributed by atoms with Crippen LogP contribution >= 0.6 is 15.9 Å². The van der Waals surface area contributed by atoms with Gasteiger partial charge >= 0.3 is 0 Å². The molecule has 0 saturated carbocycles. The van der Waals surface area contributed by atoms with Crippen LogP contribution in [0.5, 0.6) is 0 Å². The zero-order chi connectivity index (χ0) is 16.5. The molecule has 24 heavy (non-hydrogen) atoms. The van der Waals surface area contributed by atoms with Gasteiger partial charge in [-0.15, -0.1) is 0 Å². The number of halogens is 1. The number of aromatic nitrogens is 3. The topological polar surface area (TPSA) is 34.0 Å². The van der Waals surface area contributed by atoms with E-state index in [2.05, 4.69) is 67.8 Å². The van der Waals surface area contributed by atoms with Crippen molar-refractivity contribution in [3.63, 3.8) is 0 Å². The quantitative estimate of drug-likeness (QED) is 0.681. The molecule has 4 nitrogen and oxygen atoms in total. The Balaban J connectivity index is 1.45. The van der Waals surface area contributed by atoms with Crippen molar-refractivity contribution in [3.05, 3.63) is 58.6 Å². The number of imidazole rings is 1. The van der Waals surface area contributed by atoms with Gasteiger partial charge < -0.3 is 4.57 Å². The molecule has 1 saturated heterocycles. The zero-order valence-electron chi connectivity index (χ0n) is 13.8. The van der Waals surface area contributed by atoms with Gasteiger partial charge in [-0.05, 0) is 67.7 Å². The highest BCUT2D eigenvalue weighted by molar-refractivity contribution is 9.10. The molecule has 1 aliphatic rings. The molecule has 4 rings (SSSR count). The van der Waals surface area contributed by atoms with E-state index in [0.717, 1.165) is 35.4 Å². The fourth-order valence-corrected chi connectivity index (χ4v) is 3.96. The Morgan fingerprint density at radius 3 is 2.62 bits per heavy atom. The highest BCUT2D eigenvalue weighted by Crippen LogP contribution is 2.28. The van der Waals surface area contributed by atoms with Gasteiger partial charge in [-0.1, -0.05) is 15.9 Å². The second-order valence-electron chi connectivity index (χ2n) is 6.55. The van der Waals surface area contributed by atoms with Gasteiger partial charge in [0.15, 0.2) is 0 Å². The molecule has 3 aromatic rings. The molecule has 124 valence electrons. The van der Waals surface area contributed by atoms with Gasteiger partial charge in [-0.3, -0.25) is 9.88 Å². The van der Waals surface area contributed by atoms with Gasteiger partial charge in [0.1, 0.15) is 5.82 Å². The van der Waals surface area contributed by atoms with Crippen LogP contribution in [0, 0.1) is 0 Å². The van der Waals surface area contributed by atoms with Crippen LogP contribution in [0.3, 0.4) is 0 Å². The molecule has 5 heteroatoms. The van der Waals surface area contributed by atoms with Crippen molar-refractivity contribution in [2.24, 2.45) is 7.05 Å². The molecule has 2 aromatic heterocycles. The Morgan fingerprint density at radius 2 is 1.88 bits per heavy atom. The van der Waals surface area contributed by atoms with E-state index in [1.165, 1.54) is 23.9 Å². The molecule has 0 spiro atoms. The lowest BCUT2D eigenvalue weighted by Crippen LogP contribution is -2.33. The van der Waals surface area contributed by atoms with Crippen LogP contribution in [-0.2, 0) is 13.6 Å². The van der Waals surface area contributed by atoms with Crippen LogP contribution in [0.1, 0.15) is 30.1 Å². The van der Waals surface area contributed by atoms with E-state index >= 15 is 0 Å². The summed E-state index contributed by atoms with van der Waals surface area (Å²) in [5.41, 5.74) is 3.69. The summed E-state index contributed by atoms with van der Waals surface area (Å²) in [7, 11) is 2.11. The third kappa shape index (κ3) is 3.10. The first-order valence-electron chi connectivity index (χ1n) is 8.44. The molecular weight excluding hydrogens is 364 g/mol. The average molecular weight is 385 g/mol. The van der Waals surface area contributed by atoms with Crippen molar-refractivity contribution in [1.29, 1.82) is 0 Å². The van der Waals surface area contributed by atoms with Crippen molar-refractivity contribution in [1.82, 2.24) is 19.4 Å². The smallest absolute Gasteiger partial charge is 0.123 e. The molecule has 0 bridgehead atoms. The van der Waals surface area contributed by atoms with Gasteiger partial charge in [0.05, 0.1) is 17.6 Å². The molecule has 1 fully saturated rings. The summed E-state index contributed by atoms with van der Waals surface area (Å²) in [6, 6.07) is 10.6. The van der Waals surface area contributed by atoms with Crippen molar-refractivity contribution in [2.75, 3.05) is 13.1 Å². The number of piperidine rings is 1. The molecule has 0 aliphatic carbocycles. The van der Waals surface area contributed by atoms with Crippen LogP contribution < -0.4 is 0 Å². The van der Waals surface area contributed by atoms with Gasteiger partial charge in [-0.2, -0.15) is 0 Å². The lowest BCUT2D eigenvalue weighted by molar-refractivity contribution is 0.199. The molecule has 3 heterocycles. The Bertz CT molecular complexity index is 835. The number of pyridine rings is 1. The average Bonchev–Trinajstić information content (AvgIpc) is 2.92. The number of hydrogen-bond donors (Lipinski definition) is 0. The number of nitrogens with zero attached hydrogens (tertiary/aromatic N) is 4. The maximum absolute atomic E-state index is 4.82. The lowest BCUT2D eigenvalue weighted by Gasteiger charge is -2.31. The predicted molar refractivity (Wildman–Crippen MR) is 99.9 cm³/mol. The van der Waals surface area contributed by atoms with Crippen LogP contribution in [0.15, 0.2) is 47.2 Å². The molecule has 0 amide bonds. The van der Waals surface area contributed by atoms with Crippen LogP contribution in [0.2, 0.25) is 0 Å². The minimum Gasteiger partial charge on any atom is -0.330 e. The SMILES string of the molecule is Cn1c(CN2CCC(c3ccncc3)CC2)nc2ccc(Br)cc21. The summed E-state index contributed by atoms with van der Waals surface area (Å²) in [4.78, 5) is 11.5. The Hall–Kier alpha value is -1.72. The van der Waals surface area contributed by atoms with Crippen molar-refractivity contribution in [2.45, 2.75) is 25.3 Å². The summed E-state index contributed by atoms with van der Waals surface area (Å²) in [6.07, 6.45) is 6.22. The number of benzene rings is 1. The monoisotopic (exact) mass is 384 g/mol. The minimum atomic E-state index is 0.667. The Morgan fingerprint density at radius 1 is 1.12 bits per heavy atom. The van der Waals surface area contributed by atoms with Crippen molar-refractivity contribution >= 4 is 27.0 Å². The second-order valence-corrected chi connectivity index (χ2v) is 7.47. The van der Waals surface area contributed by atoms with Crippen molar-refractivity contribution < 1.29 is 0 Å². The van der Waals surface area contributed by atoms with E-state index in [0.29, 0.717) is 5.92 Å². The van der Waals surface area contributed by atoms with Gasteiger partial charge in [0.25, 0.3) is 0 Å². The number of rotatable bonds is 3. The molecule has 0 radical (unpaired) electrons. The number of fused-ring (bicyclic) bond motifs is 1. The highest BCUT2D eigenvalue weighted by atomic mass is 79.9. The predicted octanol–water partition coefficient (Wildman–Crippen LogP) is 4.11. The molecular formula is C19H21BrN4. The number of aryl methyl sites for hydroxylation is 1. The third-order valence-corrected chi connectivity index (χ3v) is 5.56. The van der Waals surface area contributed by atoms with Gasteiger partial charge in [0.2, 0.25) is 0 Å². The maximum Gasteiger partial charge on any atom is 0.123 e. The van der Waals surface area contributed by atoms with Crippen LogP contribution in [-0.4, -0.2) is 32.5 Å². The minimum absolute atomic E-state index is 0.667. The first-order valence-corrected chi connectivity index (χ1v) is 9.23. The highest BCUT2D eigenvalue weighted by Gasteiger charge is 2.22. The fourth-order valence-electron chi connectivity index (χ4n) is 3.61. The summed E-state index contributed by atoms with van der Waals surface area (Å²) in [5, 5.41) is 0. The van der Waals surface area contributed by atoms with E-state index in [4.69, 9.17) is 4.98 Å². The summed E-state index contributed by atoms with van der Waals surface area (Å²) in [6.45, 7) is 3.17. The molecule has 0 atom stereocenters. The lowest BCUT2D eigenvalue weighted by atomic mass is 9.90. The summed E-state index contributed by atoms with van der Waals surface area (Å²) in [5.74, 6) is 1.81. The standard InChI is InChI=1S/C19H21BrN4/c1-23-18-12-16(20)2-3-17(18)22-19(23)13-24-10-6-15(7-11-24)14-4-8-21-9-5-14/h2-5,8-9,12,15H,6-7,10-11,13H2,1H3. The Labute approximate surface area is 150 Å². The second kappa shape index (κ2) is 6.65. The molecule has 1 aliphatic heterocycles. The fraction of sp³-hybridized carbons (Fsp3) is 0.368. The molecule has 0 N–H and O–H groups in total. The first kappa shape index (κ1) is 15.8. The van der Waals surface area contributed by atoms with Crippen molar-refractivity contribution in [3.8, 4) is 0 Å². The zero-order valence-corrected chi connectivity index (χ0v) is 15.4. The summed E-state index contributed by atoms with van der Waals surface area (Å²) >= 11 is 3.55. The van der Waals surface area contributed by atoms with Gasteiger partial charge in [-0.25, -0.2) is 4.98 Å². The molecule has 1 aromatic carbocycles. The normalized spacial score (nSPS) is 16.8. The number of hydrogen-bond acceptors (Lipinski definition) is 3.